The number of furan rings is 1. The van der Waals surface area contributed by atoms with Crippen LogP contribution in [-0.2, 0) is 0 Å². The summed E-state index contributed by atoms with van der Waals surface area (Å²) >= 11 is 0. The van der Waals surface area contributed by atoms with Gasteiger partial charge in [0.05, 0.1) is 18.7 Å². The molecule has 1 aliphatic rings. The number of nitrogens with one attached hydrogen (secondary N) is 1. The van der Waals surface area contributed by atoms with Gasteiger partial charge in [0.15, 0.2) is 0 Å². The first kappa shape index (κ1) is 16.1. The van der Waals surface area contributed by atoms with Gasteiger partial charge in [-0.15, -0.1) is 0 Å². The lowest BCUT2D eigenvalue weighted by Crippen LogP contribution is -2.48. The third-order valence-corrected chi connectivity index (χ3v) is 4.24. The van der Waals surface area contributed by atoms with Gasteiger partial charge in [0.1, 0.15) is 17.6 Å². The normalized spacial score (nSPS) is 17.4. The van der Waals surface area contributed by atoms with Crippen LogP contribution in [0.15, 0.2) is 34.7 Å². The molecule has 1 atom stereocenters. The van der Waals surface area contributed by atoms with Crippen molar-refractivity contribution in [2.24, 2.45) is 0 Å². The van der Waals surface area contributed by atoms with Crippen molar-refractivity contribution in [1.29, 1.82) is 5.26 Å². The first-order chi connectivity index (χ1) is 11.6. The van der Waals surface area contributed by atoms with Crippen LogP contribution in [0.5, 0.6) is 5.75 Å². The molecule has 2 aromatic rings. The maximum atomic E-state index is 12.8. The second-order valence-electron chi connectivity index (χ2n) is 5.69. The Labute approximate surface area is 140 Å². The molecule has 0 spiro atoms. The maximum Gasteiger partial charge on any atom is 0.257 e. The molecule has 1 amide bonds. The van der Waals surface area contributed by atoms with Gasteiger partial charge in [-0.1, -0.05) is 18.2 Å². The zero-order valence-electron chi connectivity index (χ0n) is 13.7. The fourth-order valence-corrected chi connectivity index (χ4v) is 3.02. The lowest BCUT2D eigenvalue weighted by Gasteiger charge is -2.34. The van der Waals surface area contributed by atoms with Crippen molar-refractivity contribution in [3.05, 3.63) is 53.0 Å². The van der Waals surface area contributed by atoms with E-state index < -0.39 is 0 Å². The van der Waals surface area contributed by atoms with Gasteiger partial charge in [0, 0.05) is 31.3 Å². The van der Waals surface area contributed by atoms with Crippen LogP contribution in [0.2, 0.25) is 0 Å². The Bertz CT molecular complexity index is 791. The number of carbonyl (C=O) groups is 1. The summed E-state index contributed by atoms with van der Waals surface area (Å²) < 4.78 is 10.7. The minimum Gasteiger partial charge on any atom is -0.496 e. The van der Waals surface area contributed by atoms with Gasteiger partial charge >= 0.3 is 0 Å². The zero-order chi connectivity index (χ0) is 17.1. The number of aryl methyl sites for hydroxylation is 1. The molecule has 124 valence electrons. The number of ether oxygens (including phenoxy) is 1. The molecule has 1 aromatic heterocycles. The van der Waals surface area contributed by atoms with Crippen molar-refractivity contribution in [3.8, 4) is 11.8 Å². The van der Waals surface area contributed by atoms with Crippen molar-refractivity contribution in [1.82, 2.24) is 10.2 Å². The number of rotatable bonds is 3. The minimum absolute atomic E-state index is 0.00138. The number of benzene rings is 1. The molecular formula is C18H19N3O3. The third-order valence-electron chi connectivity index (χ3n) is 4.24. The van der Waals surface area contributed by atoms with E-state index in [1.54, 1.807) is 18.9 Å². The van der Waals surface area contributed by atoms with Crippen molar-refractivity contribution >= 4 is 5.91 Å². The SMILES string of the molecule is COc1ccccc1C1CN(C(=O)c2cc(C#N)oc2C)CCN1. The lowest BCUT2D eigenvalue weighted by molar-refractivity contribution is 0.0700. The highest BCUT2D eigenvalue weighted by Crippen LogP contribution is 2.27. The number of nitriles is 1. The number of hydrogen-bond donors (Lipinski definition) is 1. The summed E-state index contributed by atoms with van der Waals surface area (Å²) in [6.07, 6.45) is 0. The van der Waals surface area contributed by atoms with Gasteiger partial charge < -0.3 is 19.4 Å². The maximum absolute atomic E-state index is 12.8. The molecule has 2 heterocycles. The molecule has 1 N–H and O–H groups in total. The number of amides is 1. The summed E-state index contributed by atoms with van der Waals surface area (Å²) in [5.41, 5.74) is 1.48. The van der Waals surface area contributed by atoms with Crippen molar-refractivity contribution in [2.75, 3.05) is 26.7 Å². The molecule has 0 saturated carbocycles. The minimum atomic E-state index is -0.112. The third kappa shape index (κ3) is 2.99. The van der Waals surface area contributed by atoms with E-state index in [1.165, 1.54) is 6.07 Å². The van der Waals surface area contributed by atoms with Crippen molar-refractivity contribution in [2.45, 2.75) is 13.0 Å². The van der Waals surface area contributed by atoms with Crippen molar-refractivity contribution < 1.29 is 13.9 Å². The molecular weight excluding hydrogens is 306 g/mol. The van der Waals surface area contributed by atoms with Crippen molar-refractivity contribution in [3.63, 3.8) is 0 Å². The fourth-order valence-electron chi connectivity index (χ4n) is 3.02. The highest BCUT2D eigenvalue weighted by molar-refractivity contribution is 5.95. The van der Waals surface area contributed by atoms with Gasteiger partial charge in [0.2, 0.25) is 5.76 Å². The van der Waals surface area contributed by atoms with Gasteiger partial charge in [-0.25, -0.2) is 0 Å². The number of methoxy groups -OCH3 is 1. The van der Waals surface area contributed by atoms with E-state index in [0.717, 1.165) is 11.3 Å². The highest BCUT2D eigenvalue weighted by Gasteiger charge is 2.28. The first-order valence-electron chi connectivity index (χ1n) is 7.80. The van der Waals surface area contributed by atoms with Crippen LogP contribution in [-0.4, -0.2) is 37.6 Å². The fraction of sp³-hybridized carbons (Fsp3) is 0.333. The quantitative estimate of drug-likeness (QED) is 0.936. The zero-order valence-corrected chi connectivity index (χ0v) is 13.7. The first-order valence-corrected chi connectivity index (χ1v) is 7.80. The summed E-state index contributed by atoms with van der Waals surface area (Å²) in [6.45, 7) is 3.53. The molecule has 1 unspecified atom stereocenters. The molecule has 3 rings (SSSR count). The Morgan fingerprint density at radius 1 is 1.46 bits per heavy atom. The van der Waals surface area contributed by atoms with Crippen LogP contribution in [0.3, 0.4) is 0 Å². The summed E-state index contributed by atoms with van der Waals surface area (Å²) in [5, 5.41) is 12.4. The summed E-state index contributed by atoms with van der Waals surface area (Å²) in [7, 11) is 1.64. The molecule has 6 heteroatoms. The average molecular weight is 325 g/mol. The monoisotopic (exact) mass is 325 g/mol. The molecule has 6 nitrogen and oxygen atoms in total. The Morgan fingerprint density at radius 2 is 2.25 bits per heavy atom. The molecule has 1 aromatic carbocycles. The summed E-state index contributed by atoms with van der Waals surface area (Å²) in [4.78, 5) is 14.6. The van der Waals surface area contributed by atoms with E-state index in [-0.39, 0.29) is 17.7 Å². The largest absolute Gasteiger partial charge is 0.496 e. The molecule has 0 bridgehead atoms. The standard InChI is InChI=1S/C18H19N3O3/c1-12-15(9-13(10-19)24-12)18(22)21-8-7-20-16(11-21)14-5-3-4-6-17(14)23-2/h3-6,9,16,20H,7-8,11H2,1-2H3. The average Bonchev–Trinajstić information content (AvgIpc) is 3.02. The topological polar surface area (TPSA) is 78.5 Å². The second kappa shape index (κ2) is 6.77. The predicted molar refractivity (Wildman–Crippen MR) is 87.8 cm³/mol. The summed E-state index contributed by atoms with van der Waals surface area (Å²) in [6, 6.07) is 11.2. The Kier molecular flexibility index (Phi) is 4.54. The number of nitrogens with zero attached hydrogens (tertiary/aromatic N) is 2. The summed E-state index contributed by atoms with van der Waals surface area (Å²) in [5.74, 6) is 1.32. The van der Waals surface area contributed by atoms with Crippen LogP contribution in [0.4, 0.5) is 0 Å². The van der Waals surface area contributed by atoms with Crippen LogP contribution < -0.4 is 10.1 Å². The van der Waals surface area contributed by atoms with E-state index in [0.29, 0.717) is 31.0 Å². The lowest BCUT2D eigenvalue weighted by atomic mass is 10.0. The molecule has 24 heavy (non-hydrogen) atoms. The van der Waals surface area contributed by atoms with Gasteiger partial charge in [0.25, 0.3) is 5.91 Å². The number of piperazine rings is 1. The van der Waals surface area contributed by atoms with E-state index in [4.69, 9.17) is 14.4 Å². The van der Waals surface area contributed by atoms with Crippen LogP contribution in [0.1, 0.15) is 33.5 Å². The Morgan fingerprint density at radius 3 is 2.96 bits per heavy atom. The van der Waals surface area contributed by atoms with Crippen LogP contribution in [0.25, 0.3) is 0 Å². The Balaban J connectivity index is 1.81. The van der Waals surface area contributed by atoms with Crippen LogP contribution >= 0.6 is 0 Å². The van der Waals surface area contributed by atoms with E-state index >= 15 is 0 Å². The van der Waals surface area contributed by atoms with E-state index in [1.807, 2.05) is 30.3 Å². The number of para-hydroxylation sites is 1. The molecule has 1 saturated heterocycles. The molecule has 1 aliphatic heterocycles. The number of hydrogen-bond acceptors (Lipinski definition) is 5. The van der Waals surface area contributed by atoms with Gasteiger partial charge in [-0.05, 0) is 13.0 Å². The molecule has 1 fully saturated rings. The molecule has 0 aliphatic carbocycles. The van der Waals surface area contributed by atoms with Gasteiger partial charge in [-0.2, -0.15) is 5.26 Å². The number of carbonyl (C=O) groups excluding carboxylic acids is 1. The smallest absolute Gasteiger partial charge is 0.257 e. The van der Waals surface area contributed by atoms with E-state index in [2.05, 4.69) is 5.32 Å². The molecule has 0 radical (unpaired) electrons. The highest BCUT2D eigenvalue weighted by atomic mass is 16.5. The Hall–Kier alpha value is -2.78. The van der Waals surface area contributed by atoms with Gasteiger partial charge in [-0.3, -0.25) is 4.79 Å². The predicted octanol–water partition coefficient (Wildman–Crippen LogP) is 2.25. The van der Waals surface area contributed by atoms with Crippen LogP contribution in [0, 0.1) is 18.3 Å². The van der Waals surface area contributed by atoms with E-state index in [9.17, 15) is 4.79 Å². The second-order valence-corrected chi connectivity index (χ2v) is 5.69.